The number of benzene rings is 1. The molecule has 7 nitrogen and oxygen atoms in total. The number of rotatable bonds is 3. The summed E-state index contributed by atoms with van der Waals surface area (Å²) in [4.78, 5) is 16.6. The summed E-state index contributed by atoms with van der Waals surface area (Å²) >= 11 is 0. The fraction of sp³-hybridized carbons (Fsp3) is 0.111. The van der Waals surface area contributed by atoms with E-state index in [4.69, 9.17) is 0 Å². The highest BCUT2D eigenvalue weighted by Gasteiger charge is 2.12. The highest BCUT2D eigenvalue weighted by Crippen LogP contribution is 2.17. The van der Waals surface area contributed by atoms with Crippen molar-refractivity contribution in [3.8, 4) is 5.69 Å². The summed E-state index contributed by atoms with van der Waals surface area (Å²) in [5.41, 5.74) is 4.50. The third-order valence-electron chi connectivity index (χ3n) is 3.83. The molecule has 0 aliphatic carbocycles. The minimum absolute atomic E-state index is 0.281. The molecule has 0 spiro atoms. The molecule has 1 amide bonds. The van der Waals surface area contributed by atoms with E-state index in [1.165, 1.54) is 0 Å². The van der Waals surface area contributed by atoms with E-state index in [-0.39, 0.29) is 5.91 Å². The first-order chi connectivity index (χ1) is 12.1. The standard InChI is InChI=1S/C18H16N6O/c1-12-9-13(2)24(21-12)15-6-3-5-14(10-15)20-18(25)16-11-17-19-7-4-8-23(17)22-16/h3-11H,1-2H3,(H,20,25). The molecule has 0 fully saturated rings. The van der Waals surface area contributed by atoms with Gasteiger partial charge in [-0.2, -0.15) is 10.2 Å². The summed E-state index contributed by atoms with van der Waals surface area (Å²) in [6.07, 6.45) is 3.42. The van der Waals surface area contributed by atoms with E-state index in [0.717, 1.165) is 17.1 Å². The maximum atomic E-state index is 12.5. The van der Waals surface area contributed by atoms with E-state index in [2.05, 4.69) is 20.5 Å². The summed E-state index contributed by atoms with van der Waals surface area (Å²) in [7, 11) is 0. The Bertz CT molecular complexity index is 1050. The number of amides is 1. The number of hydrogen-bond acceptors (Lipinski definition) is 4. The Morgan fingerprint density at radius 2 is 1.96 bits per heavy atom. The highest BCUT2D eigenvalue weighted by atomic mass is 16.1. The molecule has 0 aliphatic rings. The van der Waals surface area contributed by atoms with Gasteiger partial charge in [0.2, 0.25) is 0 Å². The molecule has 0 bridgehead atoms. The molecule has 0 saturated heterocycles. The van der Waals surface area contributed by atoms with Crippen LogP contribution in [0.2, 0.25) is 0 Å². The topological polar surface area (TPSA) is 77.1 Å². The average Bonchev–Trinajstić information content (AvgIpc) is 3.18. The van der Waals surface area contributed by atoms with Gasteiger partial charge in [0.15, 0.2) is 11.3 Å². The zero-order valence-electron chi connectivity index (χ0n) is 13.8. The fourth-order valence-corrected chi connectivity index (χ4v) is 2.74. The van der Waals surface area contributed by atoms with Crippen LogP contribution in [0.1, 0.15) is 21.9 Å². The Hall–Kier alpha value is -3.48. The van der Waals surface area contributed by atoms with Gasteiger partial charge >= 0.3 is 0 Å². The van der Waals surface area contributed by atoms with E-state index in [1.54, 1.807) is 29.0 Å². The summed E-state index contributed by atoms with van der Waals surface area (Å²) in [5, 5.41) is 11.6. The lowest BCUT2D eigenvalue weighted by Gasteiger charge is -2.08. The lowest BCUT2D eigenvalue weighted by molar-refractivity contribution is 0.102. The molecule has 1 aromatic carbocycles. The normalized spacial score (nSPS) is 11.0. The van der Waals surface area contributed by atoms with Crippen LogP contribution in [0.15, 0.2) is 54.9 Å². The van der Waals surface area contributed by atoms with Crippen LogP contribution < -0.4 is 5.32 Å². The van der Waals surface area contributed by atoms with Crippen molar-refractivity contribution in [1.82, 2.24) is 24.4 Å². The van der Waals surface area contributed by atoms with Gasteiger partial charge in [0.25, 0.3) is 5.91 Å². The van der Waals surface area contributed by atoms with Crippen LogP contribution >= 0.6 is 0 Å². The molecule has 0 atom stereocenters. The van der Waals surface area contributed by atoms with Gasteiger partial charge in [0, 0.05) is 29.8 Å². The summed E-state index contributed by atoms with van der Waals surface area (Å²) in [6.45, 7) is 3.95. The molecular weight excluding hydrogens is 316 g/mol. The van der Waals surface area contributed by atoms with Gasteiger partial charge in [-0.25, -0.2) is 14.2 Å². The van der Waals surface area contributed by atoms with Crippen molar-refractivity contribution in [2.24, 2.45) is 0 Å². The maximum absolute atomic E-state index is 12.5. The lowest BCUT2D eigenvalue weighted by atomic mass is 10.2. The molecule has 0 aliphatic heterocycles. The van der Waals surface area contributed by atoms with Gasteiger partial charge in [0.1, 0.15) is 0 Å². The summed E-state index contributed by atoms with van der Waals surface area (Å²) in [6, 6.07) is 13.0. The summed E-state index contributed by atoms with van der Waals surface area (Å²) in [5.74, 6) is -0.281. The molecule has 0 unspecified atom stereocenters. The third kappa shape index (κ3) is 2.87. The maximum Gasteiger partial charge on any atom is 0.276 e. The van der Waals surface area contributed by atoms with Gasteiger partial charge < -0.3 is 5.32 Å². The van der Waals surface area contributed by atoms with Crippen molar-refractivity contribution < 1.29 is 4.79 Å². The Morgan fingerprint density at radius 1 is 1.08 bits per heavy atom. The van der Waals surface area contributed by atoms with Crippen LogP contribution in [0, 0.1) is 13.8 Å². The van der Waals surface area contributed by atoms with Crippen molar-refractivity contribution in [1.29, 1.82) is 0 Å². The molecule has 124 valence electrons. The average molecular weight is 332 g/mol. The smallest absolute Gasteiger partial charge is 0.276 e. The van der Waals surface area contributed by atoms with E-state index < -0.39 is 0 Å². The predicted octanol–water partition coefficient (Wildman–Crippen LogP) is 2.78. The van der Waals surface area contributed by atoms with Crippen LogP contribution in [-0.4, -0.2) is 30.3 Å². The first kappa shape index (κ1) is 15.1. The van der Waals surface area contributed by atoms with Gasteiger partial charge in [-0.05, 0) is 44.2 Å². The van der Waals surface area contributed by atoms with Crippen molar-refractivity contribution in [3.05, 3.63) is 71.9 Å². The van der Waals surface area contributed by atoms with E-state index >= 15 is 0 Å². The van der Waals surface area contributed by atoms with Crippen molar-refractivity contribution >= 4 is 17.2 Å². The Morgan fingerprint density at radius 3 is 2.72 bits per heavy atom. The molecule has 1 N–H and O–H groups in total. The number of hydrogen-bond donors (Lipinski definition) is 1. The van der Waals surface area contributed by atoms with Crippen LogP contribution in [0.5, 0.6) is 0 Å². The number of aromatic nitrogens is 5. The fourth-order valence-electron chi connectivity index (χ4n) is 2.74. The zero-order chi connectivity index (χ0) is 17.4. The number of aryl methyl sites for hydroxylation is 2. The molecular formula is C18H16N6O. The number of fused-ring (bicyclic) bond motifs is 1. The second-order valence-corrected chi connectivity index (χ2v) is 5.80. The second kappa shape index (κ2) is 5.86. The first-order valence-electron chi connectivity index (χ1n) is 7.85. The molecule has 0 saturated carbocycles. The molecule has 4 aromatic rings. The Kier molecular flexibility index (Phi) is 3.53. The van der Waals surface area contributed by atoms with Crippen LogP contribution in [0.4, 0.5) is 5.69 Å². The molecule has 0 radical (unpaired) electrons. The Balaban J connectivity index is 1.61. The van der Waals surface area contributed by atoms with E-state index in [9.17, 15) is 4.79 Å². The number of carbonyl (C=O) groups is 1. The SMILES string of the molecule is Cc1cc(C)n(-c2cccc(NC(=O)c3cc4ncccn4n3)c2)n1. The van der Waals surface area contributed by atoms with E-state index in [1.807, 2.05) is 48.9 Å². The Labute approximate surface area is 143 Å². The van der Waals surface area contributed by atoms with Crippen molar-refractivity contribution in [3.63, 3.8) is 0 Å². The zero-order valence-corrected chi connectivity index (χ0v) is 13.8. The van der Waals surface area contributed by atoms with Crippen LogP contribution in [0.25, 0.3) is 11.3 Å². The van der Waals surface area contributed by atoms with Gasteiger partial charge in [0.05, 0.1) is 11.4 Å². The first-order valence-corrected chi connectivity index (χ1v) is 7.85. The predicted molar refractivity (Wildman–Crippen MR) is 94.0 cm³/mol. The minimum atomic E-state index is -0.281. The number of nitrogens with zero attached hydrogens (tertiary/aromatic N) is 5. The van der Waals surface area contributed by atoms with Crippen molar-refractivity contribution in [2.75, 3.05) is 5.32 Å². The number of carbonyl (C=O) groups excluding carboxylic acids is 1. The van der Waals surface area contributed by atoms with Crippen LogP contribution in [0.3, 0.4) is 0 Å². The van der Waals surface area contributed by atoms with Gasteiger partial charge in [-0.1, -0.05) is 6.07 Å². The largest absolute Gasteiger partial charge is 0.321 e. The minimum Gasteiger partial charge on any atom is -0.321 e. The highest BCUT2D eigenvalue weighted by molar-refractivity contribution is 6.03. The molecule has 25 heavy (non-hydrogen) atoms. The molecule has 3 aromatic heterocycles. The third-order valence-corrected chi connectivity index (χ3v) is 3.83. The molecule has 3 heterocycles. The van der Waals surface area contributed by atoms with Crippen LogP contribution in [-0.2, 0) is 0 Å². The summed E-state index contributed by atoms with van der Waals surface area (Å²) < 4.78 is 3.42. The lowest BCUT2D eigenvalue weighted by Crippen LogP contribution is -2.13. The monoisotopic (exact) mass is 332 g/mol. The molecule has 4 rings (SSSR count). The molecule has 7 heteroatoms. The van der Waals surface area contributed by atoms with Gasteiger partial charge in [-0.15, -0.1) is 0 Å². The number of nitrogens with one attached hydrogen (secondary N) is 1. The van der Waals surface area contributed by atoms with Crippen molar-refractivity contribution in [2.45, 2.75) is 13.8 Å². The van der Waals surface area contributed by atoms with E-state index in [0.29, 0.717) is 17.0 Å². The quantitative estimate of drug-likeness (QED) is 0.626. The number of anilines is 1. The van der Waals surface area contributed by atoms with Gasteiger partial charge in [-0.3, -0.25) is 4.79 Å². The second-order valence-electron chi connectivity index (χ2n) is 5.80.